The second-order valence-corrected chi connectivity index (χ2v) is 6.74. The van der Waals surface area contributed by atoms with Crippen molar-refractivity contribution < 1.29 is 9.53 Å². The first-order valence-electron chi connectivity index (χ1n) is 5.89. The lowest BCUT2D eigenvalue weighted by molar-refractivity contribution is 0.0951. The van der Waals surface area contributed by atoms with Crippen molar-refractivity contribution >= 4 is 53.7 Å². The van der Waals surface area contributed by atoms with E-state index < -0.39 is 0 Å². The lowest BCUT2D eigenvalue weighted by Gasteiger charge is -2.13. The van der Waals surface area contributed by atoms with E-state index in [1.54, 1.807) is 12.1 Å². The fourth-order valence-electron chi connectivity index (χ4n) is 1.76. The Hall–Kier alpha value is -0.890. The lowest BCUT2D eigenvalue weighted by atomic mass is 10.1. The molecule has 0 aromatic heterocycles. The van der Waals surface area contributed by atoms with Gasteiger partial charge in [-0.25, -0.2) is 5.84 Å². The first-order valence-corrected chi connectivity index (χ1v) is 8.27. The number of hydrogen-bond acceptors (Lipinski definition) is 3. The van der Waals surface area contributed by atoms with E-state index in [0.29, 0.717) is 11.3 Å². The molecule has 0 aliphatic carbocycles. The molecule has 0 unspecified atom stereocenters. The van der Waals surface area contributed by atoms with Gasteiger partial charge in [0.1, 0.15) is 12.4 Å². The molecule has 2 aromatic carbocycles. The number of nitrogens with two attached hydrogens (primary N) is 1. The van der Waals surface area contributed by atoms with Crippen molar-refractivity contribution in [2.45, 2.75) is 6.61 Å². The lowest BCUT2D eigenvalue weighted by Crippen LogP contribution is -2.30. The smallest absolute Gasteiger partial charge is 0.265 e. The normalized spacial score (nSPS) is 10.3. The summed E-state index contributed by atoms with van der Waals surface area (Å²) in [6, 6.07) is 10.9. The van der Waals surface area contributed by atoms with Crippen molar-refractivity contribution in [1.29, 1.82) is 0 Å². The van der Waals surface area contributed by atoms with Gasteiger partial charge in [-0.05, 0) is 50.1 Å². The Morgan fingerprint density at radius 3 is 2.38 bits per heavy atom. The van der Waals surface area contributed by atoms with E-state index in [9.17, 15) is 4.79 Å². The fourth-order valence-corrected chi connectivity index (χ4v) is 4.25. The molecule has 0 atom stereocenters. The van der Waals surface area contributed by atoms with Gasteiger partial charge in [0, 0.05) is 15.6 Å². The molecule has 0 aliphatic heterocycles. The number of hydrogen-bond donors (Lipinski definition) is 2. The monoisotopic (exact) mass is 476 g/mol. The Bertz CT molecular complexity index is 654. The molecule has 4 nitrogen and oxygen atoms in total. The molecular weight excluding hydrogens is 468 g/mol. The van der Waals surface area contributed by atoms with E-state index in [1.165, 1.54) is 0 Å². The molecule has 7 heteroatoms. The van der Waals surface area contributed by atoms with Crippen molar-refractivity contribution in [2.24, 2.45) is 5.84 Å². The number of hydrazine groups is 1. The van der Waals surface area contributed by atoms with Gasteiger partial charge in [-0.1, -0.05) is 34.1 Å². The first-order chi connectivity index (χ1) is 10.0. The summed E-state index contributed by atoms with van der Waals surface area (Å²) in [4.78, 5) is 11.7. The molecular formula is C14H11Br3N2O2. The highest BCUT2D eigenvalue weighted by atomic mass is 79.9. The number of ether oxygens (including phenoxy) is 1. The molecule has 0 radical (unpaired) electrons. The van der Waals surface area contributed by atoms with Crippen LogP contribution in [0.5, 0.6) is 5.75 Å². The van der Waals surface area contributed by atoms with Crippen molar-refractivity contribution in [3.63, 3.8) is 0 Å². The molecule has 1 amide bonds. The molecule has 0 spiro atoms. The van der Waals surface area contributed by atoms with Crippen molar-refractivity contribution in [3.8, 4) is 5.75 Å². The van der Waals surface area contributed by atoms with Crippen molar-refractivity contribution in [1.82, 2.24) is 5.43 Å². The Labute approximate surface area is 147 Å². The van der Waals surface area contributed by atoms with Crippen LogP contribution in [0.15, 0.2) is 49.8 Å². The largest absolute Gasteiger partial charge is 0.487 e. The first kappa shape index (κ1) is 16.5. The third-order valence-corrected chi connectivity index (χ3v) is 4.36. The van der Waals surface area contributed by atoms with Gasteiger partial charge in [-0.3, -0.25) is 10.2 Å². The van der Waals surface area contributed by atoms with Crippen molar-refractivity contribution in [3.05, 3.63) is 60.9 Å². The minimum Gasteiger partial charge on any atom is -0.487 e. The van der Waals surface area contributed by atoms with Crippen LogP contribution in [-0.2, 0) is 6.61 Å². The summed E-state index contributed by atoms with van der Waals surface area (Å²) in [7, 11) is 0. The van der Waals surface area contributed by atoms with Crippen LogP contribution in [0.4, 0.5) is 0 Å². The molecule has 2 aromatic rings. The summed E-state index contributed by atoms with van der Waals surface area (Å²) < 4.78 is 8.36. The van der Waals surface area contributed by atoms with Crippen LogP contribution in [0.1, 0.15) is 15.9 Å². The zero-order valence-electron chi connectivity index (χ0n) is 10.7. The average molecular weight is 479 g/mol. The van der Waals surface area contributed by atoms with E-state index in [2.05, 4.69) is 53.2 Å². The van der Waals surface area contributed by atoms with Gasteiger partial charge in [0.2, 0.25) is 0 Å². The molecule has 3 N–H and O–H groups in total. The molecule has 0 saturated heterocycles. The summed E-state index contributed by atoms with van der Waals surface area (Å²) in [5.74, 6) is 5.51. The molecule has 0 bridgehead atoms. The third kappa shape index (κ3) is 4.06. The molecule has 2 rings (SSSR count). The van der Waals surface area contributed by atoms with Crippen LogP contribution in [-0.4, -0.2) is 5.91 Å². The summed E-state index contributed by atoms with van der Waals surface area (Å²) in [6.07, 6.45) is 0. The maximum atomic E-state index is 11.7. The molecule has 0 saturated carbocycles. The Kier molecular flexibility index (Phi) is 5.80. The Morgan fingerprint density at radius 1 is 1.14 bits per heavy atom. The number of rotatable bonds is 4. The minimum atomic E-state index is -0.344. The second-order valence-electron chi connectivity index (χ2n) is 4.12. The zero-order valence-corrected chi connectivity index (χ0v) is 15.5. The van der Waals surface area contributed by atoms with Crippen molar-refractivity contribution in [2.75, 3.05) is 0 Å². The fraction of sp³-hybridized carbons (Fsp3) is 0.0714. The predicted octanol–water partition coefficient (Wildman–Crippen LogP) is 4.16. The molecule has 0 heterocycles. The van der Waals surface area contributed by atoms with Gasteiger partial charge in [0.15, 0.2) is 0 Å². The van der Waals surface area contributed by atoms with Gasteiger partial charge in [-0.2, -0.15) is 0 Å². The number of carbonyl (C=O) groups is 1. The average Bonchev–Trinajstić information content (AvgIpc) is 2.45. The highest BCUT2D eigenvalue weighted by Gasteiger charge is 2.12. The highest BCUT2D eigenvalue weighted by molar-refractivity contribution is 9.11. The van der Waals surface area contributed by atoms with E-state index >= 15 is 0 Å². The Morgan fingerprint density at radius 2 is 1.76 bits per heavy atom. The minimum absolute atomic E-state index is 0.252. The van der Waals surface area contributed by atoms with E-state index in [0.717, 1.165) is 19.0 Å². The van der Waals surface area contributed by atoms with Gasteiger partial charge in [0.25, 0.3) is 5.91 Å². The van der Waals surface area contributed by atoms with Gasteiger partial charge in [0.05, 0.1) is 8.95 Å². The quantitative estimate of drug-likeness (QED) is 0.394. The number of halogens is 3. The number of benzene rings is 2. The molecule has 0 fully saturated rings. The zero-order chi connectivity index (χ0) is 15.4. The van der Waals surface area contributed by atoms with E-state index in [1.807, 2.05) is 24.3 Å². The predicted molar refractivity (Wildman–Crippen MR) is 92.0 cm³/mol. The maximum Gasteiger partial charge on any atom is 0.265 e. The summed E-state index contributed by atoms with van der Waals surface area (Å²) >= 11 is 10.3. The van der Waals surface area contributed by atoms with Gasteiger partial charge >= 0.3 is 0 Å². The highest BCUT2D eigenvalue weighted by Crippen LogP contribution is 2.36. The van der Waals surface area contributed by atoms with E-state index in [4.69, 9.17) is 10.6 Å². The van der Waals surface area contributed by atoms with Crippen LogP contribution in [0.25, 0.3) is 0 Å². The standard InChI is InChI=1S/C14H11Br3N2O2/c15-9-5-11(16)13(12(17)6-9)21-7-8-3-1-2-4-10(8)14(20)19-18/h1-6H,7,18H2,(H,19,20). The summed E-state index contributed by atoms with van der Waals surface area (Å²) in [5, 5.41) is 0. The second kappa shape index (κ2) is 7.40. The van der Waals surface area contributed by atoms with Crippen LogP contribution >= 0.6 is 47.8 Å². The van der Waals surface area contributed by atoms with Gasteiger partial charge in [-0.15, -0.1) is 0 Å². The number of nitrogens with one attached hydrogen (secondary N) is 1. The summed E-state index contributed by atoms with van der Waals surface area (Å²) in [6.45, 7) is 0.252. The van der Waals surface area contributed by atoms with Crippen LogP contribution in [0.2, 0.25) is 0 Å². The van der Waals surface area contributed by atoms with Crippen LogP contribution < -0.4 is 16.0 Å². The molecule has 0 aliphatic rings. The topological polar surface area (TPSA) is 64.3 Å². The Balaban J connectivity index is 2.23. The SMILES string of the molecule is NNC(=O)c1ccccc1COc1c(Br)cc(Br)cc1Br. The molecule has 110 valence electrons. The van der Waals surface area contributed by atoms with Crippen LogP contribution in [0.3, 0.4) is 0 Å². The number of amides is 1. The van der Waals surface area contributed by atoms with E-state index in [-0.39, 0.29) is 12.5 Å². The number of nitrogen functional groups attached to an aromatic ring is 1. The number of carbonyl (C=O) groups excluding carboxylic acids is 1. The maximum absolute atomic E-state index is 11.7. The third-order valence-electron chi connectivity index (χ3n) is 2.73. The molecule has 21 heavy (non-hydrogen) atoms. The summed E-state index contributed by atoms with van der Waals surface area (Å²) in [5.41, 5.74) is 3.37. The van der Waals surface area contributed by atoms with Gasteiger partial charge < -0.3 is 4.74 Å². The van der Waals surface area contributed by atoms with Crippen LogP contribution in [0, 0.1) is 0 Å².